The zero-order valence-corrected chi connectivity index (χ0v) is 17.3. The summed E-state index contributed by atoms with van der Waals surface area (Å²) in [4.78, 5) is 26.5. The summed E-state index contributed by atoms with van der Waals surface area (Å²) < 4.78 is 20.5. The predicted molar refractivity (Wildman–Crippen MR) is 108 cm³/mol. The fraction of sp³-hybridized carbons (Fsp3) is 0.450. The second-order valence-corrected chi connectivity index (χ2v) is 8.10. The van der Waals surface area contributed by atoms with E-state index in [1.165, 1.54) is 18.2 Å². The first kappa shape index (κ1) is 20.6. The van der Waals surface area contributed by atoms with Gasteiger partial charge in [0, 0.05) is 25.8 Å². The Balaban J connectivity index is 1.51. The molecule has 160 valence electrons. The molecule has 1 aliphatic carbocycles. The van der Waals surface area contributed by atoms with Gasteiger partial charge in [0.2, 0.25) is 0 Å². The maximum Gasteiger partial charge on any atom is 0.317 e. The first-order valence-corrected chi connectivity index (χ1v) is 10.2. The quantitative estimate of drug-likeness (QED) is 0.752. The van der Waals surface area contributed by atoms with Crippen LogP contribution < -0.4 is 11.1 Å². The number of aromatic nitrogens is 2. The molecule has 1 aromatic heterocycles. The maximum atomic E-state index is 13.5. The molecule has 3 N–H and O–H groups in total. The average Bonchev–Trinajstić information content (AvgIpc) is 3.07. The Bertz CT molecular complexity index is 989. The SMILES string of the molecule is CO[C@H]1C[C@@H](CNC(=O)N2CCn3nc(-c4ccc(F)c(Cl)c4)c(C(N)=O)c3C2)C1. The highest BCUT2D eigenvalue weighted by Crippen LogP contribution is 2.31. The van der Waals surface area contributed by atoms with Crippen molar-refractivity contribution in [1.82, 2.24) is 20.0 Å². The van der Waals surface area contributed by atoms with Crippen LogP contribution in [0.1, 0.15) is 28.9 Å². The summed E-state index contributed by atoms with van der Waals surface area (Å²) in [6.07, 6.45) is 2.17. The van der Waals surface area contributed by atoms with Crippen LogP contribution >= 0.6 is 11.6 Å². The molecule has 0 bridgehead atoms. The zero-order valence-electron chi connectivity index (χ0n) is 16.5. The van der Waals surface area contributed by atoms with E-state index >= 15 is 0 Å². The lowest BCUT2D eigenvalue weighted by Gasteiger charge is -2.35. The minimum atomic E-state index is -0.658. The number of primary amides is 1. The van der Waals surface area contributed by atoms with Crippen molar-refractivity contribution in [2.75, 3.05) is 20.2 Å². The molecule has 1 saturated carbocycles. The number of benzene rings is 1. The Morgan fingerprint density at radius 3 is 2.80 bits per heavy atom. The van der Waals surface area contributed by atoms with Gasteiger partial charge in [0.05, 0.1) is 35.5 Å². The number of urea groups is 1. The minimum Gasteiger partial charge on any atom is -0.381 e. The molecular weight excluding hydrogens is 413 g/mol. The number of carbonyl (C=O) groups is 2. The lowest BCUT2D eigenvalue weighted by atomic mass is 9.82. The summed E-state index contributed by atoms with van der Waals surface area (Å²) in [5.74, 6) is -0.796. The molecule has 0 unspecified atom stereocenters. The van der Waals surface area contributed by atoms with Crippen molar-refractivity contribution in [3.63, 3.8) is 0 Å². The smallest absolute Gasteiger partial charge is 0.317 e. The van der Waals surface area contributed by atoms with E-state index in [1.807, 2.05) is 0 Å². The van der Waals surface area contributed by atoms with Crippen LogP contribution in [0.4, 0.5) is 9.18 Å². The molecule has 30 heavy (non-hydrogen) atoms. The number of amides is 3. The van der Waals surface area contributed by atoms with Gasteiger partial charge in [-0.2, -0.15) is 5.10 Å². The molecule has 0 radical (unpaired) electrons. The van der Waals surface area contributed by atoms with Gasteiger partial charge in [-0.25, -0.2) is 9.18 Å². The van der Waals surface area contributed by atoms with E-state index in [0.29, 0.717) is 42.5 Å². The van der Waals surface area contributed by atoms with Gasteiger partial charge in [0.25, 0.3) is 5.91 Å². The number of fused-ring (bicyclic) bond motifs is 1. The Morgan fingerprint density at radius 2 is 2.13 bits per heavy atom. The van der Waals surface area contributed by atoms with Crippen LogP contribution in [0, 0.1) is 11.7 Å². The van der Waals surface area contributed by atoms with Gasteiger partial charge in [0.1, 0.15) is 11.5 Å². The molecule has 1 fully saturated rings. The Hall–Kier alpha value is -2.65. The van der Waals surface area contributed by atoms with E-state index in [2.05, 4.69) is 10.4 Å². The first-order chi connectivity index (χ1) is 14.4. The van der Waals surface area contributed by atoms with Crippen LogP contribution in [0.2, 0.25) is 5.02 Å². The molecule has 10 heteroatoms. The van der Waals surface area contributed by atoms with Crippen molar-refractivity contribution < 1.29 is 18.7 Å². The average molecular weight is 436 g/mol. The largest absolute Gasteiger partial charge is 0.381 e. The Labute approximate surface area is 178 Å². The molecule has 2 aromatic rings. The highest BCUT2D eigenvalue weighted by molar-refractivity contribution is 6.31. The summed E-state index contributed by atoms with van der Waals surface area (Å²) >= 11 is 5.89. The zero-order chi connectivity index (χ0) is 21.4. The van der Waals surface area contributed by atoms with Crippen molar-refractivity contribution in [3.05, 3.63) is 40.3 Å². The van der Waals surface area contributed by atoms with E-state index in [-0.39, 0.29) is 29.3 Å². The molecule has 2 heterocycles. The summed E-state index contributed by atoms with van der Waals surface area (Å²) in [5.41, 5.74) is 7.23. The molecule has 4 rings (SSSR count). The number of nitrogens with two attached hydrogens (primary N) is 1. The van der Waals surface area contributed by atoms with Crippen molar-refractivity contribution >= 4 is 23.5 Å². The standard InChI is InChI=1S/C20H23ClFN5O3/c1-30-13-6-11(7-13)9-24-20(29)26-4-5-27-16(10-26)17(19(23)28)18(25-27)12-2-3-15(22)14(21)8-12/h2-3,8,11,13H,4-7,9-10H2,1H3,(H2,23,28)(H,24,29)/t11-,13+. The summed E-state index contributed by atoms with van der Waals surface area (Å²) in [5, 5.41) is 7.37. The maximum absolute atomic E-state index is 13.5. The Morgan fingerprint density at radius 1 is 1.37 bits per heavy atom. The normalized spacial score (nSPS) is 20.4. The van der Waals surface area contributed by atoms with Crippen molar-refractivity contribution in [2.24, 2.45) is 11.7 Å². The summed E-state index contributed by atoms with van der Waals surface area (Å²) in [7, 11) is 1.70. The highest BCUT2D eigenvalue weighted by atomic mass is 35.5. The van der Waals surface area contributed by atoms with E-state index in [9.17, 15) is 14.0 Å². The second kappa shape index (κ2) is 8.23. The number of nitrogens with one attached hydrogen (secondary N) is 1. The lowest BCUT2D eigenvalue weighted by Crippen LogP contribution is -2.47. The molecule has 0 atom stereocenters. The van der Waals surface area contributed by atoms with Gasteiger partial charge in [0.15, 0.2) is 0 Å². The van der Waals surface area contributed by atoms with E-state index in [4.69, 9.17) is 22.1 Å². The third-order valence-corrected chi connectivity index (χ3v) is 6.06. The number of carbonyl (C=O) groups excluding carboxylic acids is 2. The third kappa shape index (κ3) is 3.87. The lowest BCUT2D eigenvalue weighted by molar-refractivity contribution is 0.00201. The number of nitrogens with zero attached hydrogens (tertiary/aromatic N) is 3. The van der Waals surface area contributed by atoms with Gasteiger partial charge in [-0.15, -0.1) is 0 Å². The molecule has 3 amide bonds. The van der Waals surface area contributed by atoms with Crippen molar-refractivity contribution in [1.29, 1.82) is 0 Å². The molecule has 2 aliphatic rings. The van der Waals surface area contributed by atoms with E-state index < -0.39 is 11.7 Å². The molecule has 1 aliphatic heterocycles. The molecule has 0 saturated heterocycles. The summed E-state index contributed by atoms with van der Waals surface area (Å²) in [6.45, 7) is 1.68. The van der Waals surface area contributed by atoms with Crippen molar-refractivity contribution in [3.8, 4) is 11.3 Å². The fourth-order valence-corrected chi connectivity index (χ4v) is 4.15. The second-order valence-electron chi connectivity index (χ2n) is 7.69. The van der Waals surface area contributed by atoms with Crippen LogP contribution in [0.25, 0.3) is 11.3 Å². The fourth-order valence-electron chi connectivity index (χ4n) is 3.97. The predicted octanol–water partition coefficient (Wildman–Crippen LogP) is 2.39. The minimum absolute atomic E-state index is 0.0680. The van der Waals surface area contributed by atoms with Crippen molar-refractivity contribution in [2.45, 2.75) is 32.0 Å². The van der Waals surface area contributed by atoms with Crippen LogP contribution in [0.15, 0.2) is 18.2 Å². The molecule has 0 spiro atoms. The first-order valence-electron chi connectivity index (χ1n) is 9.77. The van der Waals surface area contributed by atoms with Crippen LogP contribution in [0.5, 0.6) is 0 Å². The van der Waals surface area contributed by atoms with Gasteiger partial charge in [-0.1, -0.05) is 11.6 Å². The van der Waals surface area contributed by atoms with Crippen LogP contribution in [0.3, 0.4) is 0 Å². The van der Waals surface area contributed by atoms with E-state index in [1.54, 1.807) is 16.7 Å². The molecular formula is C20H23ClFN5O3. The van der Waals surface area contributed by atoms with Crippen LogP contribution in [-0.4, -0.2) is 52.9 Å². The summed E-state index contributed by atoms with van der Waals surface area (Å²) in [6, 6.07) is 3.94. The molecule has 1 aromatic carbocycles. The van der Waals surface area contributed by atoms with Gasteiger partial charge in [-0.05, 0) is 37.0 Å². The monoisotopic (exact) mass is 435 g/mol. The van der Waals surface area contributed by atoms with Gasteiger partial charge in [-0.3, -0.25) is 9.48 Å². The number of methoxy groups -OCH3 is 1. The number of ether oxygens (including phenoxy) is 1. The molecule has 8 nitrogen and oxygen atoms in total. The Kier molecular flexibility index (Phi) is 5.66. The highest BCUT2D eigenvalue weighted by Gasteiger charge is 2.32. The third-order valence-electron chi connectivity index (χ3n) is 5.77. The number of halogens is 2. The van der Waals surface area contributed by atoms with Crippen LogP contribution in [-0.2, 0) is 17.8 Å². The number of hydrogen-bond donors (Lipinski definition) is 2. The number of hydrogen-bond acceptors (Lipinski definition) is 4. The topological polar surface area (TPSA) is 102 Å². The van der Waals surface area contributed by atoms with Gasteiger partial charge < -0.3 is 20.7 Å². The van der Waals surface area contributed by atoms with E-state index in [0.717, 1.165) is 12.8 Å². The van der Waals surface area contributed by atoms with Gasteiger partial charge >= 0.3 is 6.03 Å². The number of rotatable bonds is 5.